The van der Waals surface area contributed by atoms with Gasteiger partial charge in [0.05, 0.1) is 0 Å². The fraction of sp³-hybridized carbons (Fsp3) is 0.217. The number of fused-ring (bicyclic) bond motifs is 2. The molecule has 0 saturated heterocycles. The molecule has 0 saturated carbocycles. The second-order valence-electron chi connectivity index (χ2n) is 7.04. The molecule has 0 bridgehead atoms. The van der Waals surface area contributed by atoms with E-state index in [1.165, 1.54) is 54.4 Å². The first-order valence-electron chi connectivity index (χ1n) is 8.53. The molecule has 0 aliphatic heterocycles. The summed E-state index contributed by atoms with van der Waals surface area (Å²) in [5.41, 5.74) is 5.52. The van der Waals surface area contributed by atoms with Gasteiger partial charge in [0.1, 0.15) is 0 Å². The SMILES string of the molecule is Cc1ccc(C)c2[cH-]c(P(C)c3cc4c(C)ccc(C)c4[cH-]3)cc12.[F-].[F-].[Zr+4]. The molecular formula is C23H23F2PZr. The third kappa shape index (κ3) is 4.01. The van der Waals surface area contributed by atoms with E-state index < -0.39 is 0 Å². The zero-order chi connectivity index (χ0) is 17.0. The molecule has 0 heterocycles. The minimum atomic E-state index is -0.314. The summed E-state index contributed by atoms with van der Waals surface area (Å²) in [6.07, 6.45) is 0. The number of aryl methyl sites for hydroxylation is 4. The van der Waals surface area contributed by atoms with Crippen molar-refractivity contribution in [3.8, 4) is 0 Å². The van der Waals surface area contributed by atoms with Crippen molar-refractivity contribution in [2.24, 2.45) is 0 Å². The van der Waals surface area contributed by atoms with Crippen molar-refractivity contribution in [1.29, 1.82) is 0 Å². The molecule has 4 aromatic carbocycles. The monoisotopic (exact) mass is 458 g/mol. The molecule has 27 heavy (non-hydrogen) atoms. The summed E-state index contributed by atoms with van der Waals surface area (Å²) < 4.78 is 0. The first-order chi connectivity index (χ1) is 11.5. The van der Waals surface area contributed by atoms with Crippen molar-refractivity contribution in [1.82, 2.24) is 0 Å². The minimum Gasteiger partial charge on any atom is -1.00 e. The summed E-state index contributed by atoms with van der Waals surface area (Å²) in [5.74, 6) is 0. The largest absolute Gasteiger partial charge is 4.00 e. The Kier molecular flexibility index (Phi) is 7.86. The van der Waals surface area contributed by atoms with Gasteiger partial charge in [0.15, 0.2) is 0 Å². The van der Waals surface area contributed by atoms with E-state index >= 15 is 0 Å². The number of rotatable bonds is 2. The summed E-state index contributed by atoms with van der Waals surface area (Å²) in [7, 11) is -0.314. The van der Waals surface area contributed by atoms with Crippen LogP contribution in [-0.4, -0.2) is 6.66 Å². The molecule has 138 valence electrons. The Bertz CT molecular complexity index is 911. The Balaban J connectivity index is 0.00000121. The van der Waals surface area contributed by atoms with E-state index in [9.17, 15) is 0 Å². The van der Waals surface area contributed by atoms with Crippen molar-refractivity contribution in [3.63, 3.8) is 0 Å². The molecule has 0 N–H and O–H groups in total. The smallest absolute Gasteiger partial charge is 1.00 e. The number of hydrogen-bond donors (Lipinski definition) is 0. The third-order valence-corrected chi connectivity index (χ3v) is 7.46. The van der Waals surface area contributed by atoms with Gasteiger partial charge in [-0.1, -0.05) is 45.0 Å². The van der Waals surface area contributed by atoms with Crippen molar-refractivity contribution >= 4 is 40.1 Å². The normalized spacial score (nSPS) is 10.6. The first-order valence-corrected chi connectivity index (χ1v) is 10.3. The molecule has 0 spiro atoms. The molecule has 0 amide bonds. The van der Waals surface area contributed by atoms with E-state index in [0.717, 1.165) is 0 Å². The predicted octanol–water partition coefficient (Wildman–Crippen LogP) is -0.268. The summed E-state index contributed by atoms with van der Waals surface area (Å²) >= 11 is 0. The van der Waals surface area contributed by atoms with Gasteiger partial charge in [-0.15, -0.1) is 67.5 Å². The summed E-state index contributed by atoms with van der Waals surface area (Å²) in [5, 5.41) is 8.65. The Labute approximate surface area is 180 Å². The number of halogens is 2. The molecule has 0 fully saturated rings. The van der Waals surface area contributed by atoms with Crippen LogP contribution < -0.4 is 20.0 Å². The van der Waals surface area contributed by atoms with Crippen LogP contribution in [0.15, 0.2) is 48.5 Å². The van der Waals surface area contributed by atoms with E-state index in [4.69, 9.17) is 0 Å². The van der Waals surface area contributed by atoms with Gasteiger partial charge in [-0.05, 0) is 20.5 Å². The maximum Gasteiger partial charge on any atom is 4.00 e. The molecule has 0 aliphatic rings. The Morgan fingerprint density at radius 1 is 0.630 bits per heavy atom. The molecular weight excluding hydrogens is 436 g/mol. The fourth-order valence-corrected chi connectivity index (χ4v) is 5.28. The maximum absolute atomic E-state index is 2.42. The summed E-state index contributed by atoms with van der Waals surface area (Å²) in [4.78, 5) is 0. The van der Waals surface area contributed by atoms with Gasteiger partial charge < -0.3 is 9.41 Å². The molecule has 0 aromatic heterocycles. The van der Waals surface area contributed by atoms with Gasteiger partial charge in [0.25, 0.3) is 0 Å². The van der Waals surface area contributed by atoms with Crippen LogP contribution in [-0.2, 0) is 26.2 Å². The molecule has 0 radical (unpaired) electrons. The Hall–Kier alpha value is -1.17. The van der Waals surface area contributed by atoms with Gasteiger partial charge in [-0.3, -0.25) is 0 Å². The minimum absolute atomic E-state index is 0. The Morgan fingerprint density at radius 3 is 1.30 bits per heavy atom. The van der Waals surface area contributed by atoms with Crippen LogP contribution >= 0.6 is 7.92 Å². The molecule has 0 atom stereocenters. The number of hydrogen-bond acceptors (Lipinski definition) is 0. The first kappa shape index (κ1) is 23.9. The van der Waals surface area contributed by atoms with Crippen LogP contribution in [0.5, 0.6) is 0 Å². The number of benzene rings is 2. The predicted molar refractivity (Wildman–Crippen MR) is 110 cm³/mol. The van der Waals surface area contributed by atoms with Gasteiger partial charge in [-0.25, -0.2) is 0 Å². The summed E-state index contributed by atoms with van der Waals surface area (Å²) in [6, 6.07) is 18.6. The van der Waals surface area contributed by atoms with Crippen LogP contribution in [0.1, 0.15) is 22.3 Å². The molecule has 4 heteroatoms. The standard InChI is InChI=1S/C23H23P.2FH.Zr/c1-14-6-7-15(2)21-11-18(10-20(14)21)24(5)19-12-22-16(3)8-9-17(4)23(22)13-19;;;/h6-13H,1-5H3;2*1H;/q-2;;;+4/p-2. The van der Waals surface area contributed by atoms with Crippen molar-refractivity contribution in [2.75, 3.05) is 6.66 Å². The third-order valence-electron chi connectivity index (χ3n) is 5.39. The fourth-order valence-electron chi connectivity index (χ4n) is 3.69. The molecule has 0 aliphatic carbocycles. The van der Waals surface area contributed by atoms with Crippen molar-refractivity contribution in [2.45, 2.75) is 27.7 Å². The van der Waals surface area contributed by atoms with E-state index in [2.05, 4.69) is 82.9 Å². The molecule has 0 unspecified atom stereocenters. The summed E-state index contributed by atoms with van der Waals surface area (Å²) in [6.45, 7) is 11.3. The van der Waals surface area contributed by atoms with Gasteiger partial charge in [-0.2, -0.15) is 12.1 Å². The van der Waals surface area contributed by atoms with Crippen LogP contribution in [0.4, 0.5) is 0 Å². The quantitative estimate of drug-likeness (QED) is 0.286. The van der Waals surface area contributed by atoms with E-state index in [1.807, 2.05) is 0 Å². The van der Waals surface area contributed by atoms with Crippen molar-refractivity contribution in [3.05, 3.63) is 70.8 Å². The zero-order valence-electron chi connectivity index (χ0n) is 16.3. The van der Waals surface area contributed by atoms with E-state index in [0.29, 0.717) is 0 Å². The average molecular weight is 460 g/mol. The van der Waals surface area contributed by atoms with Crippen LogP contribution in [0.25, 0.3) is 21.5 Å². The topological polar surface area (TPSA) is 0 Å². The Morgan fingerprint density at radius 2 is 0.963 bits per heavy atom. The average Bonchev–Trinajstić information content (AvgIpc) is 3.20. The van der Waals surface area contributed by atoms with Gasteiger partial charge in [0, 0.05) is 0 Å². The van der Waals surface area contributed by atoms with Crippen molar-refractivity contribution < 1.29 is 35.6 Å². The van der Waals surface area contributed by atoms with E-state index in [-0.39, 0.29) is 43.5 Å². The van der Waals surface area contributed by atoms with Crippen LogP contribution in [0, 0.1) is 27.7 Å². The molecule has 4 aromatic rings. The zero-order valence-corrected chi connectivity index (χ0v) is 19.7. The van der Waals surface area contributed by atoms with Gasteiger partial charge in [0.2, 0.25) is 0 Å². The van der Waals surface area contributed by atoms with Gasteiger partial charge >= 0.3 is 26.2 Å². The second-order valence-corrected chi connectivity index (χ2v) is 9.19. The maximum atomic E-state index is 2.42. The van der Waals surface area contributed by atoms with E-state index in [1.54, 1.807) is 0 Å². The molecule has 0 nitrogen and oxygen atoms in total. The molecule has 4 rings (SSSR count). The van der Waals surface area contributed by atoms with Crippen LogP contribution in [0.3, 0.4) is 0 Å². The van der Waals surface area contributed by atoms with Crippen LogP contribution in [0.2, 0.25) is 0 Å². The second kappa shape index (κ2) is 8.89.